The van der Waals surface area contributed by atoms with Gasteiger partial charge in [0, 0.05) is 6.20 Å². The van der Waals surface area contributed by atoms with Crippen molar-refractivity contribution in [3.05, 3.63) is 53.3 Å². The fraction of sp³-hybridized carbons (Fsp3) is 0.278. The number of pyridine rings is 1. The zero-order chi connectivity index (χ0) is 18.2. The minimum absolute atomic E-state index is 0.163. The lowest BCUT2D eigenvalue weighted by Gasteiger charge is -2.13. The average Bonchev–Trinajstić information content (AvgIpc) is 2.60. The number of esters is 1. The van der Waals surface area contributed by atoms with E-state index in [0.717, 1.165) is 5.56 Å². The first-order chi connectivity index (χ1) is 12.0. The van der Waals surface area contributed by atoms with E-state index in [9.17, 15) is 9.59 Å². The minimum atomic E-state index is -0.633. The number of aromatic nitrogens is 1. The Kier molecular flexibility index (Phi) is 6.77. The number of carbonyl (C=O) groups excluding carboxylic acids is 2. The summed E-state index contributed by atoms with van der Waals surface area (Å²) in [5, 5.41) is 2.67. The lowest BCUT2D eigenvalue weighted by molar-refractivity contribution is -0.149. The highest BCUT2D eigenvalue weighted by Crippen LogP contribution is 2.25. The summed E-state index contributed by atoms with van der Waals surface area (Å²) in [6.45, 7) is 3.37. The summed E-state index contributed by atoms with van der Waals surface area (Å²) in [4.78, 5) is 27.4. The van der Waals surface area contributed by atoms with E-state index in [-0.39, 0.29) is 17.7 Å². The van der Waals surface area contributed by atoms with Gasteiger partial charge in [-0.15, -0.1) is 0 Å². The van der Waals surface area contributed by atoms with Crippen LogP contribution in [0.2, 0.25) is 5.15 Å². The van der Waals surface area contributed by atoms with Crippen LogP contribution in [0.25, 0.3) is 0 Å². The Morgan fingerprint density at radius 3 is 2.64 bits per heavy atom. The van der Waals surface area contributed by atoms with Crippen molar-refractivity contribution in [2.24, 2.45) is 0 Å². The number of halogens is 1. The zero-order valence-electron chi connectivity index (χ0n) is 14.0. The molecule has 0 saturated heterocycles. The largest absolute Gasteiger partial charge is 0.482 e. The minimum Gasteiger partial charge on any atom is -0.482 e. The summed E-state index contributed by atoms with van der Waals surface area (Å²) in [6.07, 6.45) is 1.50. The standard InChI is InChI=1S/C18H19ClN2O4/c1-12(2)13-6-3-4-8-15(13)24-11-17(23)25-10-16(22)21-14-7-5-9-20-18(14)19/h3-9,12H,10-11H2,1-2H3,(H,21,22). The van der Waals surface area contributed by atoms with Gasteiger partial charge in [0.25, 0.3) is 5.91 Å². The Labute approximate surface area is 151 Å². The van der Waals surface area contributed by atoms with Crippen LogP contribution in [0.4, 0.5) is 5.69 Å². The van der Waals surface area contributed by atoms with Crippen molar-refractivity contribution < 1.29 is 19.1 Å². The van der Waals surface area contributed by atoms with Crippen molar-refractivity contribution in [1.29, 1.82) is 0 Å². The quantitative estimate of drug-likeness (QED) is 0.603. The van der Waals surface area contributed by atoms with Crippen molar-refractivity contribution in [3.63, 3.8) is 0 Å². The van der Waals surface area contributed by atoms with E-state index in [1.807, 2.05) is 32.0 Å². The van der Waals surface area contributed by atoms with Gasteiger partial charge in [-0.05, 0) is 29.7 Å². The van der Waals surface area contributed by atoms with E-state index in [4.69, 9.17) is 21.1 Å². The van der Waals surface area contributed by atoms with E-state index in [1.165, 1.54) is 6.20 Å². The van der Waals surface area contributed by atoms with Crippen LogP contribution >= 0.6 is 11.6 Å². The number of benzene rings is 1. The third kappa shape index (κ3) is 5.76. The number of para-hydroxylation sites is 1. The summed E-state index contributed by atoms with van der Waals surface area (Å²) >= 11 is 5.84. The van der Waals surface area contributed by atoms with Crippen LogP contribution in [0.1, 0.15) is 25.3 Å². The van der Waals surface area contributed by atoms with E-state index in [1.54, 1.807) is 18.2 Å². The molecule has 0 aliphatic rings. The first-order valence-corrected chi connectivity index (χ1v) is 8.13. The van der Waals surface area contributed by atoms with Crippen molar-refractivity contribution in [3.8, 4) is 5.75 Å². The van der Waals surface area contributed by atoms with Gasteiger partial charge in [-0.1, -0.05) is 43.6 Å². The van der Waals surface area contributed by atoms with E-state index >= 15 is 0 Å². The highest BCUT2D eigenvalue weighted by molar-refractivity contribution is 6.32. The predicted molar refractivity (Wildman–Crippen MR) is 94.9 cm³/mol. The Bertz CT molecular complexity index is 749. The zero-order valence-corrected chi connectivity index (χ0v) is 14.7. The predicted octanol–water partition coefficient (Wildman–Crippen LogP) is 3.42. The number of hydrogen-bond donors (Lipinski definition) is 1. The van der Waals surface area contributed by atoms with E-state index in [0.29, 0.717) is 11.4 Å². The number of rotatable bonds is 7. The molecule has 0 bridgehead atoms. The highest BCUT2D eigenvalue weighted by atomic mass is 35.5. The maximum atomic E-state index is 11.8. The lowest BCUT2D eigenvalue weighted by Crippen LogP contribution is -2.24. The number of carbonyl (C=O) groups is 2. The van der Waals surface area contributed by atoms with Crippen LogP contribution in [0.15, 0.2) is 42.6 Å². The van der Waals surface area contributed by atoms with Gasteiger partial charge in [-0.25, -0.2) is 9.78 Å². The summed E-state index contributed by atoms with van der Waals surface area (Å²) in [6, 6.07) is 10.7. The number of hydrogen-bond acceptors (Lipinski definition) is 5. The number of nitrogens with one attached hydrogen (secondary N) is 1. The molecule has 0 spiro atoms. The number of ether oxygens (including phenoxy) is 2. The first-order valence-electron chi connectivity index (χ1n) is 7.75. The van der Waals surface area contributed by atoms with Crippen LogP contribution in [0.5, 0.6) is 5.75 Å². The van der Waals surface area contributed by atoms with Crippen LogP contribution in [0, 0.1) is 0 Å². The second-order valence-corrected chi connectivity index (χ2v) is 5.89. The van der Waals surface area contributed by atoms with Crippen LogP contribution in [-0.2, 0) is 14.3 Å². The Morgan fingerprint density at radius 2 is 1.92 bits per heavy atom. The molecule has 0 fully saturated rings. The van der Waals surface area contributed by atoms with Gasteiger partial charge in [-0.2, -0.15) is 0 Å². The fourth-order valence-electron chi connectivity index (χ4n) is 2.08. The van der Waals surface area contributed by atoms with Crippen LogP contribution in [0.3, 0.4) is 0 Å². The summed E-state index contributed by atoms with van der Waals surface area (Å²) in [7, 11) is 0. The molecule has 25 heavy (non-hydrogen) atoms. The Hall–Kier alpha value is -2.60. The second-order valence-electron chi connectivity index (χ2n) is 5.53. The SMILES string of the molecule is CC(C)c1ccccc1OCC(=O)OCC(=O)Nc1cccnc1Cl. The molecule has 1 heterocycles. The first kappa shape index (κ1) is 18.7. The molecule has 0 unspecified atom stereocenters. The van der Waals surface area contributed by atoms with Crippen molar-refractivity contribution in [1.82, 2.24) is 4.98 Å². The van der Waals surface area contributed by atoms with Gasteiger partial charge in [0.2, 0.25) is 0 Å². The topological polar surface area (TPSA) is 77.5 Å². The molecule has 0 saturated carbocycles. The highest BCUT2D eigenvalue weighted by Gasteiger charge is 2.12. The smallest absolute Gasteiger partial charge is 0.344 e. The maximum Gasteiger partial charge on any atom is 0.344 e. The lowest BCUT2D eigenvalue weighted by atomic mass is 10.0. The average molecular weight is 363 g/mol. The van der Waals surface area contributed by atoms with Crippen molar-refractivity contribution in [2.75, 3.05) is 18.5 Å². The molecule has 7 heteroatoms. The van der Waals surface area contributed by atoms with Gasteiger partial charge in [0.05, 0.1) is 5.69 Å². The van der Waals surface area contributed by atoms with Gasteiger partial charge < -0.3 is 14.8 Å². The monoisotopic (exact) mass is 362 g/mol. The van der Waals surface area contributed by atoms with Gasteiger partial charge in [0.15, 0.2) is 18.4 Å². The Morgan fingerprint density at radius 1 is 1.16 bits per heavy atom. The van der Waals surface area contributed by atoms with E-state index < -0.39 is 18.5 Å². The number of anilines is 1. The van der Waals surface area contributed by atoms with Crippen molar-refractivity contribution in [2.45, 2.75) is 19.8 Å². The van der Waals surface area contributed by atoms with Gasteiger partial charge in [0.1, 0.15) is 5.75 Å². The molecule has 1 N–H and O–H groups in total. The fourth-order valence-corrected chi connectivity index (χ4v) is 2.25. The number of amides is 1. The van der Waals surface area contributed by atoms with Crippen LogP contribution < -0.4 is 10.1 Å². The molecule has 0 radical (unpaired) electrons. The maximum absolute atomic E-state index is 11.8. The third-order valence-corrected chi connectivity index (χ3v) is 3.59. The molecule has 1 amide bonds. The molecule has 2 aromatic rings. The molecule has 6 nitrogen and oxygen atoms in total. The third-order valence-electron chi connectivity index (χ3n) is 3.28. The molecule has 2 rings (SSSR count). The molecule has 1 aromatic heterocycles. The molecule has 1 aromatic carbocycles. The van der Waals surface area contributed by atoms with Crippen molar-refractivity contribution >= 4 is 29.2 Å². The van der Waals surface area contributed by atoms with E-state index in [2.05, 4.69) is 10.3 Å². The van der Waals surface area contributed by atoms with Gasteiger partial charge >= 0.3 is 5.97 Å². The Balaban J connectivity index is 1.79. The second kappa shape index (κ2) is 9.03. The molecule has 0 aliphatic carbocycles. The molecule has 132 valence electrons. The van der Waals surface area contributed by atoms with Gasteiger partial charge in [-0.3, -0.25) is 4.79 Å². The summed E-state index contributed by atoms with van der Waals surface area (Å²) in [5.74, 6) is -0.250. The molecule has 0 aliphatic heterocycles. The summed E-state index contributed by atoms with van der Waals surface area (Å²) < 4.78 is 10.4. The molecular weight excluding hydrogens is 344 g/mol. The number of nitrogens with zero attached hydrogens (tertiary/aromatic N) is 1. The van der Waals surface area contributed by atoms with Crippen LogP contribution in [-0.4, -0.2) is 30.1 Å². The molecule has 0 atom stereocenters. The molecular formula is C18H19ClN2O4. The normalized spacial score (nSPS) is 10.4. The summed E-state index contributed by atoms with van der Waals surface area (Å²) in [5.41, 5.74) is 1.35.